The molecule has 0 unspecified atom stereocenters. The number of carbonyl (C=O) groups excluding carboxylic acids is 1. The number of nitrogens with zero attached hydrogens (tertiary/aromatic N) is 1. The monoisotopic (exact) mass is 306 g/mol. The second kappa shape index (κ2) is 6.71. The number of amides is 1. The maximum Gasteiger partial charge on any atom is 0.412 e. The van der Waals surface area contributed by atoms with E-state index in [0.717, 1.165) is 5.56 Å². The molecular weight excluding hydrogens is 296 g/mol. The molecule has 7 heteroatoms. The lowest BCUT2D eigenvalue weighted by Gasteiger charge is -2.08. The predicted octanol–water partition coefficient (Wildman–Crippen LogP) is 4.00. The van der Waals surface area contributed by atoms with Crippen molar-refractivity contribution in [2.75, 3.05) is 5.32 Å². The van der Waals surface area contributed by atoms with Crippen molar-refractivity contribution in [2.45, 2.75) is 6.61 Å². The molecule has 0 atom stereocenters. The summed E-state index contributed by atoms with van der Waals surface area (Å²) in [6, 6.07) is 13.2. The largest absolute Gasteiger partial charge is 0.444 e. The Hall–Kier alpha value is -2.60. The van der Waals surface area contributed by atoms with Gasteiger partial charge in [0.25, 0.3) is 5.69 Å². The molecule has 0 bridgehead atoms. The molecule has 2 aromatic rings. The fourth-order valence-electron chi connectivity index (χ4n) is 1.65. The minimum Gasteiger partial charge on any atom is -0.444 e. The Bertz CT molecular complexity index is 661. The second-order valence-electron chi connectivity index (χ2n) is 4.08. The number of carbonyl (C=O) groups is 1. The van der Waals surface area contributed by atoms with Crippen molar-refractivity contribution in [1.82, 2.24) is 0 Å². The van der Waals surface area contributed by atoms with Gasteiger partial charge in [-0.2, -0.15) is 0 Å². The minimum atomic E-state index is -0.810. The van der Waals surface area contributed by atoms with Crippen molar-refractivity contribution < 1.29 is 14.5 Å². The van der Waals surface area contributed by atoms with Gasteiger partial charge in [-0.3, -0.25) is 15.4 Å². The van der Waals surface area contributed by atoms with Gasteiger partial charge >= 0.3 is 6.09 Å². The molecule has 0 aliphatic rings. The first-order valence-corrected chi connectivity index (χ1v) is 6.36. The summed E-state index contributed by atoms with van der Waals surface area (Å²) in [5.41, 5.74) is 0.433. The van der Waals surface area contributed by atoms with Gasteiger partial charge < -0.3 is 4.74 Å². The number of rotatable bonds is 4. The Morgan fingerprint density at radius 2 is 1.90 bits per heavy atom. The average molecular weight is 307 g/mol. The van der Waals surface area contributed by atoms with Crippen LogP contribution in [0.15, 0.2) is 48.5 Å². The summed E-state index contributed by atoms with van der Waals surface area (Å²) in [4.78, 5) is 22.0. The molecule has 0 aromatic heterocycles. The average Bonchev–Trinajstić information content (AvgIpc) is 2.48. The number of ether oxygens (including phenoxy) is 1. The molecule has 1 N–H and O–H groups in total. The zero-order valence-electron chi connectivity index (χ0n) is 10.8. The smallest absolute Gasteiger partial charge is 0.412 e. The lowest BCUT2D eigenvalue weighted by molar-refractivity contribution is -0.383. The Morgan fingerprint density at radius 1 is 1.19 bits per heavy atom. The molecule has 21 heavy (non-hydrogen) atoms. The first-order chi connectivity index (χ1) is 10.1. The zero-order valence-corrected chi connectivity index (χ0v) is 11.5. The molecule has 1 amide bonds. The highest BCUT2D eigenvalue weighted by molar-refractivity contribution is 6.34. The molecule has 2 rings (SSSR count). The SMILES string of the molecule is O=C(Nc1c(Cl)cccc1[N+](=O)[O-])OCc1ccccc1. The van der Waals surface area contributed by atoms with Gasteiger partial charge in [0.15, 0.2) is 0 Å². The van der Waals surface area contributed by atoms with Crippen molar-refractivity contribution in [1.29, 1.82) is 0 Å². The van der Waals surface area contributed by atoms with Crippen LogP contribution in [0.3, 0.4) is 0 Å². The van der Waals surface area contributed by atoms with E-state index in [1.54, 1.807) is 12.1 Å². The summed E-state index contributed by atoms with van der Waals surface area (Å²) < 4.78 is 4.99. The summed E-state index contributed by atoms with van der Waals surface area (Å²) in [6.07, 6.45) is -0.810. The Morgan fingerprint density at radius 3 is 2.57 bits per heavy atom. The molecule has 6 nitrogen and oxygen atoms in total. The molecule has 0 spiro atoms. The number of anilines is 1. The first-order valence-electron chi connectivity index (χ1n) is 5.98. The number of nitrogens with one attached hydrogen (secondary N) is 1. The van der Waals surface area contributed by atoms with Crippen molar-refractivity contribution in [2.24, 2.45) is 0 Å². The van der Waals surface area contributed by atoms with Crippen LogP contribution in [-0.4, -0.2) is 11.0 Å². The minimum absolute atomic E-state index is 0.0604. The highest BCUT2D eigenvalue weighted by Crippen LogP contribution is 2.31. The van der Waals surface area contributed by atoms with Crippen LogP contribution in [0.1, 0.15) is 5.56 Å². The van der Waals surface area contributed by atoms with Crippen molar-refractivity contribution in [3.8, 4) is 0 Å². The number of halogens is 1. The van der Waals surface area contributed by atoms with E-state index in [-0.39, 0.29) is 23.0 Å². The number of benzene rings is 2. The maximum atomic E-state index is 11.7. The lowest BCUT2D eigenvalue weighted by atomic mass is 10.2. The van der Waals surface area contributed by atoms with Crippen LogP contribution < -0.4 is 5.32 Å². The second-order valence-corrected chi connectivity index (χ2v) is 4.49. The molecule has 0 aliphatic heterocycles. The van der Waals surface area contributed by atoms with Gasteiger partial charge in [-0.15, -0.1) is 0 Å². The Kier molecular flexibility index (Phi) is 4.73. The molecule has 0 saturated heterocycles. The van der Waals surface area contributed by atoms with Crippen molar-refractivity contribution in [3.05, 3.63) is 69.2 Å². The van der Waals surface area contributed by atoms with Gasteiger partial charge in [-0.1, -0.05) is 48.0 Å². The number of nitro benzene ring substituents is 1. The maximum absolute atomic E-state index is 11.7. The van der Waals surface area contributed by atoms with E-state index >= 15 is 0 Å². The summed E-state index contributed by atoms with van der Waals surface area (Å²) >= 11 is 5.86. The van der Waals surface area contributed by atoms with E-state index in [1.165, 1.54) is 18.2 Å². The number of nitro groups is 1. The van der Waals surface area contributed by atoms with Crippen LogP contribution in [0.4, 0.5) is 16.2 Å². The summed E-state index contributed by atoms with van der Waals surface area (Å²) in [7, 11) is 0. The quantitative estimate of drug-likeness (QED) is 0.684. The van der Waals surface area contributed by atoms with Gasteiger partial charge in [-0.05, 0) is 11.6 Å². The van der Waals surface area contributed by atoms with Crippen LogP contribution >= 0.6 is 11.6 Å². The summed E-state index contributed by atoms with van der Waals surface area (Å²) in [5.74, 6) is 0. The van der Waals surface area contributed by atoms with Gasteiger partial charge in [0.2, 0.25) is 0 Å². The molecule has 0 aliphatic carbocycles. The van der Waals surface area contributed by atoms with Crippen LogP contribution in [0.2, 0.25) is 5.02 Å². The van der Waals surface area contributed by atoms with E-state index in [4.69, 9.17) is 16.3 Å². The summed E-state index contributed by atoms with van der Waals surface area (Å²) in [6.45, 7) is 0.0604. The first kappa shape index (κ1) is 14.8. The van der Waals surface area contributed by atoms with Crippen molar-refractivity contribution in [3.63, 3.8) is 0 Å². The molecule has 0 radical (unpaired) electrons. The number of hydrogen-bond acceptors (Lipinski definition) is 4. The van der Waals surface area contributed by atoms with Gasteiger partial charge in [-0.25, -0.2) is 4.79 Å². The van der Waals surface area contributed by atoms with E-state index in [0.29, 0.717) is 0 Å². The summed E-state index contributed by atoms with van der Waals surface area (Å²) in [5, 5.41) is 13.3. The molecule has 108 valence electrons. The van der Waals surface area contributed by atoms with E-state index in [1.807, 2.05) is 18.2 Å². The highest BCUT2D eigenvalue weighted by atomic mass is 35.5. The normalized spacial score (nSPS) is 9.95. The number of para-hydroxylation sites is 1. The van der Waals surface area contributed by atoms with Crippen LogP contribution in [0.5, 0.6) is 0 Å². The third-order valence-electron chi connectivity index (χ3n) is 2.63. The van der Waals surface area contributed by atoms with Crippen LogP contribution in [-0.2, 0) is 11.3 Å². The van der Waals surface area contributed by atoms with Gasteiger partial charge in [0.1, 0.15) is 12.3 Å². The molecular formula is C14H11ClN2O4. The van der Waals surface area contributed by atoms with Crippen LogP contribution in [0.25, 0.3) is 0 Å². The van der Waals surface area contributed by atoms with Gasteiger partial charge in [0.05, 0.1) is 9.95 Å². The lowest BCUT2D eigenvalue weighted by Crippen LogP contribution is -2.15. The van der Waals surface area contributed by atoms with Crippen molar-refractivity contribution >= 4 is 29.1 Å². The van der Waals surface area contributed by atoms with Gasteiger partial charge in [0, 0.05) is 6.07 Å². The fraction of sp³-hybridized carbons (Fsp3) is 0.0714. The predicted molar refractivity (Wildman–Crippen MR) is 78.4 cm³/mol. The Balaban J connectivity index is 2.05. The zero-order chi connectivity index (χ0) is 15.2. The standard InChI is InChI=1S/C14H11ClN2O4/c15-11-7-4-8-12(17(19)20)13(11)16-14(18)21-9-10-5-2-1-3-6-10/h1-8H,9H2,(H,16,18). The molecule has 2 aromatic carbocycles. The Labute approximate surface area is 125 Å². The third-order valence-corrected chi connectivity index (χ3v) is 2.94. The third kappa shape index (κ3) is 3.93. The molecule has 0 saturated carbocycles. The number of hydrogen-bond donors (Lipinski definition) is 1. The molecule has 0 fully saturated rings. The van der Waals surface area contributed by atoms with Crippen LogP contribution in [0, 0.1) is 10.1 Å². The van der Waals surface area contributed by atoms with E-state index in [9.17, 15) is 14.9 Å². The van der Waals surface area contributed by atoms with E-state index < -0.39 is 11.0 Å². The fourth-order valence-corrected chi connectivity index (χ4v) is 1.87. The molecule has 0 heterocycles. The van der Waals surface area contributed by atoms with E-state index in [2.05, 4.69) is 5.32 Å². The highest BCUT2D eigenvalue weighted by Gasteiger charge is 2.19. The topological polar surface area (TPSA) is 81.5 Å².